The molecule has 0 aromatic heterocycles. The number of hydrogen-bond donors (Lipinski definition) is 4. The van der Waals surface area contributed by atoms with Crippen LogP contribution in [0, 0.1) is 5.41 Å². The lowest BCUT2D eigenvalue weighted by molar-refractivity contribution is -0.138. The lowest BCUT2D eigenvalue weighted by atomic mass is 10.2. The van der Waals surface area contributed by atoms with Crippen molar-refractivity contribution in [1.82, 2.24) is 5.32 Å². The van der Waals surface area contributed by atoms with E-state index in [-0.39, 0.29) is 55.5 Å². The summed E-state index contributed by atoms with van der Waals surface area (Å²) in [6.45, 7) is 0.180. The monoisotopic (exact) mass is 318 g/mol. The first-order valence-electron chi connectivity index (χ1n) is 7.13. The second kappa shape index (κ2) is 7.39. The molecule has 0 aliphatic carbocycles. The van der Waals surface area contributed by atoms with Crippen molar-refractivity contribution < 1.29 is 19.1 Å². The van der Waals surface area contributed by atoms with Gasteiger partial charge in [0.15, 0.2) is 0 Å². The Labute approximate surface area is 132 Å². The zero-order valence-corrected chi connectivity index (χ0v) is 12.4. The summed E-state index contributed by atoms with van der Waals surface area (Å²) in [6, 6.07) is 6.22. The van der Waals surface area contributed by atoms with Crippen LogP contribution in [0.3, 0.4) is 0 Å². The minimum atomic E-state index is -0.331. The number of carbonyl (C=O) groups is 3. The molecular formula is C15H18N4O4. The van der Waals surface area contributed by atoms with Gasteiger partial charge in [0.2, 0.25) is 11.8 Å². The fourth-order valence-corrected chi connectivity index (χ4v) is 2.09. The molecule has 1 atom stereocenters. The maximum atomic E-state index is 11.8. The highest BCUT2D eigenvalue weighted by molar-refractivity contribution is 5.96. The van der Waals surface area contributed by atoms with Gasteiger partial charge in [-0.1, -0.05) is 0 Å². The molecule has 1 saturated heterocycles. The van der Waals surface area contributed by atoms with Crippen LogP contribution < -0.4 is 16.4 Å². The van der Waals surface area contributed by atoms with E-state index in [0.717, 1.165) is 0 Å². The minimum absolute atomic E-state index is 0.0296. The number of amidine groups is 1. The Bertz CT molecular complexity index is 627. The quantitative estimate of drug-likeness (QED) is 0.336. The van der Waals surface area contributed by atoms with E-state index in [9.17, 15) is 14.4 Å². The van der Waals surface area contributed by atoms with Gasteiger partial charge in [0, 0.05) is 24.1 Å². The summed E-state index contributed by atoms with van der Waals surface area (Å²) in [5.41, 5.74) is 6.47. The number of ether oxygens (including phenoxy) is 1. The second-order valence-electron chi connectivity index (χ2n) is 5.19. The standard InChI is InChI=1S/C15H18N4O4/c16-15(17)9-1-3-10(4-2-9)18-12(20)5-6-13(21)19-11-7-14(22)23-8-11/h1-4,11H,5-8H2,(H3,16,17)(H,18,20)(H,19,21). The van der Waals surface area contributed by atoms with Gasteiger partial charge in [-0.15, -0.1) is 0 Å². The van der Waals surface area contributed by atoms with E-state index >= 15 is 0 Å². The smallest absolute Gasteiger partial charge is 0.308 e. The molecule has 2 rings (SSSR count). The van der Waals surface area contributed by atoms with E-state index in [0.29, 0.717) is 11.3 Å². The number of hydrogen-bond acceptors (Lipinski definition) is 5. The lowest BCUT2D eigenvalue weighted by Crippen LogP contribution is -2.35. The maximum Gasteiger partial charge on any atom is 0.308 e. The average Bonchev–Trinajstić information content (AvgIpc) is 2.91. The van der Waals surface area contributed by atoms with Crippen LogP contribution >= 0.6 is 0 Å². The number of nitrogens with one attached hydrogen (secondary N) is 3. The van der Waals surface area contributed by atoms with E-state index in [1.54, 1.807) is 24.3 Å². The fourth-order valence-electron chi connectivity index (χ4n) is 2.09. The normalized spacial score (nSPS) is 16.5. The number of cyclic esters (lactones) is 1. The van der Waals surface area contributed by atoms with Crippen LogP contribution in [0.4, 0.5) is 5.69 Å². The van der Waals surface area contributed by atoms with Crippen LogP contribution in [0.25, 0.3) is 0 Å². The summed E-state index contributed by atoms with van der Waals surface area (Å²) >= 11 is 0. The van der Waals surface area contributed by atoms with Gasteiger partial charge >= 0.3 is 5.97 Å². The molecule has 8 nitrogen and oxygen atoms in total. The largest absolute Gasteiger partial charge is 0.463 e. The lowest BCUT2D eigenvalue weighted by Gasteiger charge is -2.09. The van der Waals surface area contributed by atoms with Gasteiger partial charge in [0.05, 0.1) is 12.5 Å². The van der Waals surface area contributed by atoms with Gasteiger partial charge in [0.25, 0.3) is 0 Å². The zero-order valence-electron chi connectivity index (χ0n) is 12.4. The number of esters is 1. The highest BCUT2D eigenvalue weighted by atomic mass is 16.5. The molecule has 1 aliphatic rings. The van der Waals surface area contributed by atoms with Crippen molar-refractivity contribution in [1.29, 1.82) is 5.41 Å². The average molecular weight is 318 g/mol. The van der Waals surface area contributed by atoms with Gasteiger partial charge in [-0.3, -0.25) is 19.8 Å². The van der Waals surface area contributed by atoms with Crippen LogP contribution in [0.2, 0.25) is 0 Å². The van der Waals surface area contributed by atoms with Crippen molar-refractivity contribution in [3.8, 4) is 0 Å². The van der Waals surface area contributed by atoms with Gasteiger partial charge < -0.3 is 21.1 Å². The SMILES string of the molecule is N=C(N)c1ccc(NC(=O)CCC(=O)NC2COC(=O)C2)cc1. The van der Waals surface area contributed by atoms with Crippen molar-refractivity contribution in [3.63, 3.8) is 0 Å². The molecule has 1 unspecified atom stereocenters. The molecule has 5 N–H and O–H groups in total. The summed E-state index contributed by atoms with van der Waals surface area (Å²) < 4.78 is 4.74. The molecule has 0 spiro atoms. The van der Waals surface area contributed by atoms with E-state index in [2.05, 4.69) is 10.6 Å². The molecule has 1 fully saturated rings. The molecule has 0 bridgehead atoms. The first-order chi connectivity index (χ1) is 10.9. The van der Waals surface area contributed by atoms with E-state index in [1.807, 2.05) is 0 Å². The van der Waals surface area contributed by atoms with Crippen molar-refractivity contribution in [2.75, 3.05) is 11.9 Å². The number of rotatable bonds is 6. The Balaban J connectivity index is 1.73. The predicted octanol–water partition coefficient (Wildman–Crippen LogP) is 0.121. The molecular weight excluding hydrogens is 300 g/mol. The number of amides is 2. The van der Waals surface area contributed by atoms with Crippen molar-refractivity contribution in [3.05, 3.63) is 29.8 Å². The second-order valence-corrected chi connectivity index (χ2v) is 5.19. The summed E-state index contributed by atoms with van der Waals surface area (Å²) in [7, 11) is 0. The van der Waals surface area contributed by atoms with Crippen molar-refractivity contribution in [2.24, 2.45) is 5.73 Å². The first kappa shape index (κ1) is 16.5. The van der Waals surface area contributed by atoms with Crippen LogP contribution in [0.5, 0.6) is 0 Å². The molecule has 0 radical (unpaired) electrons. The van der Waals surface area contributed by atoms with Crippen LogP contribution in [-0.2, 0) is 19.1 Å². The highest BCUT2D eigenvalue weighted by Crippen LogP contribution is 2.10. The third kappa shape index (κ3) is 5.10. The fraction of sp³-hybridized carbons (Fsp3) is 0.333. The Hall–Kier alpha value is -2.90. The molecule has 0 saturated carbocycles. The van der Waals surface area contributed by atoms with E-state index in [4.69, 9.17) is 15.9 Å². The van der Waals surface area contributed by atoms with Gasteiger partial charge in [-0.05, 0) is 24.3 Å². The molecule has 1 aromatic carbocycles. The molecule has 1 aliphatic heterocycles. The van der Waals surface area contributed by atoms with Crippen molar-refractivity contribution >= 4 is 29.3 Å². The van der Waals surface area contributed by atoms with E-state index < -0.39 is 0 Å². The summed E-state index contributed by atoms with van der Waals surface area (Å²) in [4.78, 5) is 34.4. The summed E-state index contributed by atoms with van der Waals surface area (Å²) in [6.07, 6.45) is 0.226. The number of carbonyl (C=O) groups excluding carboxylic acids is 3. The molecule has 2 amide bonds. The number of anilines is 1. The van der Waals surface area contributed by atoms with Gasteiger partial charge in [-0.2, -0.15) is 0 Å². The Morgan fingerprint density at radius 2 is 1.87 bits per heavy atom. The predicted molar refractivity (Wildman–Crippen MR) is 82.8 cm³/mol. The molecule has 122 valence electrons. The van der Waals surface area contributed by atoms with Gasteiger partial charge in [0.1, 0.15) is 12.4 Å². The zero-order chi connectivity index (χ0) is 16.8. The number of nitrogens with two attached hydrogens (primary N) is 1. The summed E-state index contributed by atoms with van der Waals surface area (Å²) in [5.74, 6) is -0.971. The Kier molecular flexibility index (Phi) is 5.29. The topological polar surface area (TPSA) is 134 Å². The number of nitrogen functional groups attached to an aromatic ring is 1. The number of benzene rings is 1. The van der Waals surface area contributed by atoms with Crippen LogP contribution in [-0.4, -0.2) is 36.3 Å². The third-order valence-corrected chi connectivity index (χ3v) is 3.28. The third-order valence-electron chi connectivity index (χ3n) is 3.28. The molecule has 1 heterocycles. The maximum absolute atomic E-state index is 11.8. The molecule has 8 heteroatoms. The van der Waals surface area contributed by atoms with E-state index in [1.165, 1.54) is 0 Å². The summed E-state index contributed by atoms with van der Waals surface area (Å²) in [5, 5.41) is 12.6. The molecule has 23 heavy (non-hydrogen) atoms. The van der Waals surface area contributed by atoms with Crippen LogP contribution in [0.15, 0.2) is 24.3 Å². The Morgan fingerprint density at radius 3 is 2.43 bits per heavy atom. The minimum Gasteiger partial charge on any atom is -0.463 e. The van der Waals surface area contributed by atoms with Crippen molar-refractivity contribution in [2.45, 2.75) is 25.3 Å². The Morgan fingerprint density at radius 1 is 1.22 bits per heavy atom. The highest BCUT2D eigenvalue weighted by Gasteiger charge is 2.25. The molecule has 1 aromatic rings. The van der Waals surface area contributed by atoms with Crippen LogP contribution in [0.1, 0.15) is 24.8 Å². The van der Waals surface area contributed by atoms with Gasteiger partial charge in [-0.25, -0.2) is 0 Å². The first-order valence-corrected chi connectivity index (χ1v) is 7.13.